The number of alkyl halides is 3. The van der Waals surface area contributed by atoms with Gasteiger partial charge in [-0.3, -0.25) is 4.79 Å². The first-order chi connectivity index (χ1) is 9.95. The topological polar surface area (TPSA) is 29.1 Å². The van der Waals surface area contributed by atoms with E-state index in [1.54, 1.807) is 0 Å². The zero-order valence-electron chi connectivity index (χ0n) is 11.8. The van der Waals surface area contributed by atoms with Gasteiger partial charge >= 0.3 is 6.18 Å². The van der Waals surface area contributed by atoms with E-state index in [9.17, 15) is 18.0 Å². The minimum absolute atomic E-state index is 0.0145. The maximum absolute atomic E-state index is 12.7. The molecule has 1 aliphatic carbocycles. The quantitative estimate of drug-likeness (QED) is 0.899. The monoisotopic (exact) mass is 299 g/mol. The van der Waals surface area contributed by atoms with Crippen LogP contribution in [-0.4, -0.2) is 18.1 Å². The molecular formula is C16H20F3NO. The molecule has 1 amide bonds. The Morgan fingerprint density at radius 2 is 1.90 bits per heavy atom. The molecule has 21 heavy (non-hydrogen) atoms. The van der Waals surface area contributed by atoms with Crippen molar-refractivity contribution in [2.75, 3.05) is 0 Å². The smallest absolute Gasteiger partial charge is 0.353 e. The Hall–Kier alpha value is -1.52. The molecule has 1 fully saturated rings. The van der Waals surface area contributed by atoms with Crippen LogP contribution in [0.3, 0.4) is 0 Å². The first-order valence-electron chi connectivity index (χ1n) is 7.35. The largest absolute Gasteiger partial charge is 0.391 e. The first kappa shape index (κ1) is 15.9. The summed E-state index contributed by atoms with van der Waals surface area (Å²) < 4.78 is 38.1. The summed E-state index contributed by atoms with van der Waals surface area (Å²) in [4.78, 5) is 11.8. The lowest BCUT2D eigenvalue weighted by Crippen LogP contribution is -2.41. The molecule has 0 bridgehead atoms. The molecule has 1 saturated carbocycles. The van der Waals surface area contributed by atoms with Crippen molar-refractivity contribution in [2.24, 2.45) is 5.92 Å². The standard InChI is InChI=1S/C16H20F3NO/c17-16(18,19)13-7-4-8-14(11-13)20-15(21)10-9-12-5-2-1-3-6-12/h1-3,5-6,13-14H,4,7-11H2,(H,20,21)/t13-,14+/m1/s1. The predicted octanol–water partition coefficient (Wildman–Crippen LogP) is 3.86. The fraction of sp³-hybridized carbons (Fsp3) is 0.562. The second-order valence-corrected chi connectivity index (χ2v) is 5.66. The molecule has 0 radical (unpaired) electrons. The third-order valence-electron chi connectivity index (χ3n) is 3.99. The summed E-state index contributed by atoms with van der Waals surface area (Å²) in [6, 6.07) is 9.25. The summed E-state index contributed by atoms with van der Waals surface area (Å²) >= 11 is 0. The molecule has 2 nitrogen and oxygen atoms in total. The second-order valence-electron chi connectivity index (χ2n) is 5.66. The molecule has 0 heterocycles. The molecule has 116 valence electrons. The summed E-state index contributed by atoms with van der Waals surface area (Å²) in [5, 5.41) is 2.75. The Bertz CT molecular complexity index is 458. The van der Waals surface area contributed by atoms with Crippen molar-refractivity contribution in [2.45, 2.75) is 50.7 Å². The summed E-state index contributed by atoms with van der Waals surface area (Å²) in [6.45, 7) is 0. The van der Waals surface area contributed by atoms with E-state index in [1.807, 2.05) is 30.3 Å². The number of carbonyl (C=O) groups is 1. The van der Waals surface area contributed by atoms with Gasteiger partial charge < -0.3 is 5.32 Å². The predicted molar refractivity (Wildman–Crippen MR) is 74.7 cm³/mol. The molecular weight excluding hydrogens is 279 g/mol. The van der Waals surface area contributed by atoms with Crippen molar-refractivity contribution in [1.29, 1.82) is 0 Å². The van der Waals surface area contributed by atoms with Crippen LogP contribution < -0.4 is 5.32 Å². The van der Waals surface area contributed by atoms with E-state index in [4.69, 9.17) is 0 Å². The van der Waals surface area contributed by atoms with Crippen LogP contribution in [0.1, 0.15) is 37.7 Å². The van der Waals surface area contributed by atoms with Crippen LogP contribution in [0.25, 0.3) is 0 Å². The summed E-state index contributed by atoms with van der Waals surface area (Å²) in [7, 11) is 0. The van der Waals surface area contributed by atoms with Gasteiger partial charge in [-0.1, -0.05) is 36.8 Å². The molecule has 2 rings (SSSR count). The van der Waals surface area contributed by atoms with Crippen molar-refractivity contribution in [3.63, 3.8) is 0 Å². The number of hydrogen-bond donors (Lipinski definition) is 1. The number of nitrogens with one attached hydrogen (secondary N) is 1. The van der Waals surface area contributed by atoms with Crippen LogP contribution >= 0.6 is 0 Å². The fourth-order valence-electron chi connectivity index (χ4n) is 2.82. The lowest BCUT2D eigenvalue weighted by Gasteiger charge is -2.31. The van der Waals surface area contributed by atoms with Gasteiger partial charge in [-0.2, -0.15) is 13.2 Å². The van der Waals surface area contributed by atoms with Gasteiger partial charge in [-0.25, -0.2) is 0 Å². The van der Waals surface area contributed by atoms with E-state index in [2.05, 4.69) is 5.32 Å². The van der Waals surface area contributed by atoms with Gasteiger partial charge in [0.2, 0.25) is 5.91 Å². The molecule has 0 saturated heterocycles. The number of aryl methyl sites for hydroxylation is 1. The van der Waals surface area contributed by atoms with Crippen molar-refractivity contribution in [3.05, 3.63) is 35.9 Å². The molecule has 1 N–H and O–H groups in total. The third-order valence-corrected chi connectivity index (χ3v) is 3.99. The third kappa shape index (κ3) is 5.06. The number of amides is 1. The summed E-state index contributed by atoms with van der Waals surface area (Å²) in [5.74, 6) is -1.43. The Labute approximate surface area is 122 Å². The maximum Gasteiger partial charge on any atom is 0.391 e. The molecule has 0 spiro atoms. The molecule has 2 atom stereocenters. The van der Waals surface area contributed by atoms with Crippen molar-refractivity contribution in [3.8, 4) is 0 Å². The minimum atomic E-state index is -4.15. The second kappa shape index (κ2) is 6.96. The first-order valence-corrected chi connectivity index (χ1v) is 7.35. The fourth-order valence-corrected chi connectivity index (χ4v) is 2.82. The van der Waals surface area contributed by atoms with Crippen LogP contribution in [0.15, 0.2) is 30.3 Å². The lowest BCUT2D eigenvalue weighted by atomic mass is 9.85. The lowest BCUT2D eigenvalue weighted by molar-refractivity contribution is -0.184. The zero-order chi connectivity index (χ0) is 15.3. The molecule has 1 aromatic rings. The van der Waals surface area contributed by atoms with E-state index in [0.717, 1.165) is 5.56 Å². The Morgan fingerprint density at radius 1 is 1.19 bits per heavy atom. The average Bonchev–Trinajstić information content (AvgIpc) is 2.46. The maximum atomic E-state index is 12.7. The van der Waals surface area contributed by atoms with Crippen molar-refractivity contribution < 1.29 is 18.0 Å². The average molecular weight is 299 g/mol. The van der Waals surface area contributed by atoms with E-state index >= 15 is 0 Å². The molecule has 0 aliphatic heterocycles. The van der Waals surface area contributed by atoms with E-state index in [-0.39, 0.29) is 24.8 Å². The van der Waals surface area contributed by atoms with Crippen molar-refractivity contribution >= 4 is 5.91 Å². The highest BCUT2D eigenvalue weighted by Gasteiger charge is 2.42. The van der Waals surface area contributed by atoms with Gasteiger partial charge in [-0.15, -0.1) is 0 Å². The van der Waals surface area contributed by atoms with Crippen molar-refractivity contribution in [1.82, 2.24) is 5.32 Å². The highest BCUT2D eigenvalue weighted by molar-refractivity contribution is 5.76. The van der Waals surface area contributed by atoms with Crippen LogP contribution in [0.2, 0.25) is 0 Å². The van der Waals surface area contributed by atoms with Crippen LogP contribution in [0.4, 0.5) is 13.2 Å². The molecule has 1 aromatic carbocycles. The number of benzene rings is 1. The number of hydrogen-bond acceptors (Lipinski definition) is 1. The number of carbonyl (C=O) groups excluding carboxylic acids is 1. The minimum Gasteiger partial charge on any atom is -0.353 e. The van der Waals surface area contributed by atoms with Crippen LogP contribution in [0, 0.1) is 5.92 Å². The Morgan fingerprint density at radius 3 is 2.57 bits per heavy atom. The number of halogens is 3. The molecule has 1 aliphatic rings. The Balaban J connectivity index is 1.77. The summed E-state index contributed by atoms with van der Waals surface area (Å²) in [6.07, 6.45) is -1.86. The van der Waals surface area contributed by atoms with Gasteiger partial charge in [0.05, 0.1) is 5.92 Å². The normalized spacial score (nSPS) is 22.8. The molecule has 0 unspecified atom stereocenters. The van der Waals surface area contributed by atoms with Crippen LogP contribution in [0.5, 0.6) is 0 Å². The van der Waals surface area contributed by atoms with Gasteiger partial charge in [-0.05, 0) is 31.2 Å². The number of rotatable bonds is 4. The highest BCUT2D eigenvalue weighted by atomic mass is 19.4. The van der Waals surface area contributed by atoms with E-state index in [0.29, 0.717) is 25.7 Å². The zero-order valence-corrected chi connectivity index (χ0v) is 11.8. The molecule has 5 heteroatoms. The van der Waals surface area contributed by atoms with Gasteiger partial charge in [0, 0.05) is 12.5 Å². The van der Waals surface area contributed by atoms with E-state index < -0.39 is 12.1 Å². The van der Waals surface area contributed by atoms with Gasteiger partial charge in [0.1, 0.15) is 0 Å². The van der Waals surface area contributed by atoms with Crippen LogP contribution in [-0.2, 0) is 11.2 Å². The Kier molecular flexibility index (Phi) is 5.26. The summed E-state index contributed by atoms with van der Waals surface area (Å²) in [5.41, 5.74) is 1.06. The molecule has 0 aromatic heterocycles. The van der Waals surface area contributed by atoms with Gasteiger partial charge in [0.15, 0.2) is 0 Å². The SMILES string of the molecule is O=C(CCc1ccccc1)N[C@H]1CCC[C@@H](C(F)(F)F)C1. The van der Waals surface area contributed by atoms with Gasteiger partial charge in [0.25, 0.3) is 0 Å². The van der Waals surface area contributed by atoms with E-state index in [1.165, 1.54) is 0 Å². The highest BCUT2D eigenvalue weighted by Crippen LogP contribution is 2.37.